The van der Waals surface area contributed by atoms with Crippen molar-refractivity contribution in [2.75, 3.05) is 12.4 Å². The zero-order chi connectivity index (χ0) is 22.4. The Hall–Kier alpha value is -4.46. The molecule has 5 rings (SSSR count). The third-order valence-electron chi connectivity index (χ3n) is 5.30. The minimum absolute atomic E-state index is 0.261. The highest BCUT2D eigenvalue weighted by Crippen LogP contribution is 2.28. The van der Waals surface area contributed by atoms with Gasteiger partial charge in [-0.25, -0.2) is 4.68 Å². The molecular weight excluding hydrogens is 408 g/mol. The van der Waals surface area contributed by atoms with E-state index in [0.29, 0.717) is 34.0 Å². The fraction of sp³-hybridized carbons (Fsp3) is 0.0833. The van der Waals surface area contributed by atoms with Crippen LogP contribution in [0, 0.1) is 6.92 Å². The van der Waals surface area contributed by atoms with Crippen LogP contribution in [0.25, 0.3) is 17.1 Å². The Labute approximate surface area is 183 Å². The molecule has 1 N–H and O–H groups in total. The molecule has 8 nitrogen and oxygen atoms in total. The van der Waals surface area contributed by atoms with Crippen LogP contribution in [-0.4, -0.2) is 39.4 Å². The lowest BCUT2D eigenvalue weighted by Crippen LogP contribution is -2.24. The second-order valence-corrected chi connectivity index (χ2v) is 7.47. The predicted octanol–water partition coefficient (Wildman–Crippen LogP) is 3.92. The first-order chi connectivity index (χ1) is 15.4. The molecule has 0 saturated heterocycles. The number of para-hydroxylation sites is 1. The number of aromatic nitrogens is 2. The van der Waals surface area contributed by atoms with Gasteiger partial charge < -0.3 is 9.73 Å². The number of anilines is 1. The van der Waals surface area contributed by atoms with Crippen LogP contribution in [0.3, 0.4) is 0 Å². The third kappa shape index (κ3) is 3.18. The number of hydrogen-bond acceptors (Lipinski definition) is 5. The molecule has 0 spiro atoms. The van der Waals surface area contributed by atoms with Crippen molar-refractivity contribution in [1.82, 2.24) is 14.7 Å². The summed E-state index contributed by atoms with van der Waals surface area (Å²) in [5, 5.41) is 7.38. The van der Waals surface area contributed by atoms with E-state index in [1.807, 2.05) is 37.3 Å². The molecule has 0 aliphatic carbocycles. The summed E-state index contributed by atoms with van der Waals surface area (Å²) in [5.74, 6) is -0.00114. The van der Waals surface area contributed by atoms with E-state index in [1.54, 1.807) is 35.1 Å². The normalized spacial score (nSPS) is 12.9. The van der Waals surface area contributed by atoms with Crippen LogP contribution >= 0.6 is 0 Å². The number of rotatable bonds is 4. The molecule has 158 valence electrons. The van der Waals surface area contributed by atoms with E-state index in [2.05, 4.69) is 10.4 Å². The lowest BCUT2D eigenvalue weighted by atomic mass is 10.1. The van der Waals surface area contributed by atoms with Gasteiger partial charge in [-0.2, -0.15) is 5.10 Å². The standard InChI is InChI=1S/C24H18N4O4/c1-14-8-11-20(32-14)21-19(13-28(26-21)16-6-4-3-5-7-16)22(29)25-15-9-10-17-18(12-15)24(31)27(2)23(17)30/h3-13H,1-2H3,(H,25,29). The topological polar surface area (TPSA) is 97.4 Å². The van der Waals surface area contributed by atoms with E-state index in [9.17, 15) is 14.4 Å². The maximum Gasteiger partial charge on any atom is 0.261 e. The minimum atomic E-state index is -0.415. The molecule has 1 aliphatic rings. The quantitative estimate of drug-likeness (QED) is 0.499. The second-order valence-electron chi connectivity index (χ2n) is 7.47. The van der Waals surface area contributed by atoms with Crippen LogP contribution in [0.2, 0.25) is 0 Å². The van der Waals surface area contributed by atoms with E-state index < -0.39 is 11.8 Å². The van der Waals surface area contributed by atoms with Crippen LogP contribution in [0.15, 0.2) is 71.3 Å². The number of benzene rings is 2. The number of carbonyl (C=O) groups excluding carboxylic acids is 3. The Morgan fingerprint density at radius 1 is 0.969 bits per heavy atom. The molecule has 32 heavy (non-hydrogen) atoms. The summed E-state index contributed by atoms with van der Waals surface area (Å²) in [6.07, 6.45) is 1.63. The number of imide groups is 1. The maximum atomic E-state index is 13.2. The maximum absolute atomic E-state index is 13.2. The summed E-state index contributed by atoms with van der Waals surface area (Å²) in [4.78, 5) is 38.6. The Bertz CT molecular complexity index is 1380. The van der Waals surface area contributed by atoms with Gasteiger partial charge in [0, 0.05) is 18.9 Å². The molecule has 0 atom stereocenters. The highest BCUT2D eigenvalue weighted by molar-refractivity contribution is 6.21. The van der Waals surface area contributed by atoms with E-state index in [1.165, 1.54) is 13.1 Å². The lowest BCUT2D eigenvalue weighted by Gasteiger charge is -2.06. The van der Waals surface area contributed by atoms with Crippen molar-refractivity contribution in [2.45, 2.75) is 6.92 Å². The van der Waals surface area contributed by atoms with Gasteiger partial charge in [0.05, 0.1) is 22.4 Å². The summed E-state index contributed by atoms with van der Waals surface area (Å²) in [5.41, 5.74) is 2.48. The first-order valence-electron chi connectivity index (χ1n) is 9.92. The SMILES string of the molecule is Cc1ccc(-c2nn(-c3ccccc3)cc2C(=O)Nc2ccc3c(c2)C(=O)N(C)C3=O)o1. The van der Waals surface area contributed by atoms with Gasteiger partial charge in [-0.15, -0.1) is 0 Å². The molecule has 0 unspecified atom stereocenters. The second kappa shape index (κ2) is 7.35. The van der Waals surface area contributed by atoms with Gasteiger partial charge >= 0.3 is 0 Å². The van der Waals surface area contributed by atoms with Crippen molar-refractivity contribution in [3.8, 4) is 17.1 Å². The molecule has 0 saturated carbocycles. The Kier molecular flexibility index (Phi) is 4.48. The van der Waals surface area contributed by atoms with Crippen LogP contribution < -0.4 is 5.32 Å². The number of carbonyl (C=O) groups is 3. The lowest BCUT2D eigenvalue weighted by molar-refractivity contribution is 0.0692. The fourth-order valence-corrected chi connectivity index (χ4v) is 3.63. The molecule has 1 aliphatic heterocycles. The molecule has 2 aromatic carbocycles. The van der Waals surface area contributed by atoms with Crippen molar-refractivity contribution in [3.05, 3.63) is 89.3 Å². The predicted molar refractivity (Wildman–Crippen MR) is 117 cm³/mol. The first-order valence-corrected chi connectivity index (χ1v) is 9.92. The van der Waals surface area contributed by atoms with Gasteiger partial charge in [0.2, 0.25) is 0 Å². The minimum Gasteiger partial charge on any atom is -0.460 e. The number of aryl methyl sites for hydroxylation is 1. The van der Waals surface area contributed by atoms with E-state index in [4.69, 9.17) is 4.42 Å². The van der Waals surface area contributed by atoms with Crippen LogP contribution in [-0.2, 0) is 0 Å². The first kappa shape index (κ1) is 19.5. The average molecular weight is 426 g/mol. The van der Waals surface area contributed by atoms with Crippen molar-refractivity contribution < 1.29 is 18.8 Å². The monoisotopic (exact) mass is 426 g/mol. The number of amides is 3. The summed E-state index contributed by atoms with van der Waals surface area (Å²) < 4.78 is 7.33. The zero-order valence-corrected chi connectivity index (χ0v) is 17.3. The molecule has 3 amide bonds. The molecule has 0 radical (unpaired) electrons. The molecule has 0 fully saturated rings. The van der Waals surface area contributed by atoms with Crippen LogP contribution in [0.5, 0.6) is 0 Å². The van der Waals surface area contributed by atoms with E-state index >= 15 is 0 Å². The summed E-state index contributed by atoms with van der Waals surface area (Å²) in [6, 6.07) is 17.6. The number of nitrogens with zero attached hydrogens (tertiary/aromatic N) is 3. The van der Waals surface area contributed by atoms with Crippen molar-refractivity contribution in [3.63, 3.8) is 0 Å². The number of nitrogens with one attached hydrogen (secondary N) is 1. The number of fused-ring (bicyclic) bond motifs is 1. The molecule has 4 aromatic rings. The summed E-state index contributed by atoms with van der Waals surface area (Å²) in [7, 11) is 1.43. The summed E-state index contributed by atoms with van der Waals surface area (Å²) >= 11 is 0. The highest BCUT2D eigenvalue weighted by atomic mass is 16.3. The average Bonchev–Trinajstić information content (AvgIpc) is 3.49. The van der Waals surface area contributed by atoms with Crippen LogP contribution in [0.4, 0.5) is 5.69 Å². The fourth-order valence-electron chi connectivity index (χ4n) is 3.63. The van der Waals surface area contributed by atoms with Gasteiger partial charge in [-0.05, 0) is 49.4 Å². The molecule has 3 heterocycles. The van der Waals surface area contributed by atoms with Gasteiger partial charge in [0.15, 0.2) is 5.76 Å². The third-order valence-corrected chi connectivity index (χ3v) is 5.30. The molecular formula is C24H18N4O4. The largest absolute Gasteiger partial charge is 0.460 e. The van der Waals surface area contributed by atoms with E-state index in [0.717, 1.165) is 10.6 Å². The molecule has 2 aromatic heterocycles. The van der Waals surface area contributed by atoms with E-state index in [-0.39, 0.29) is 11.5 Å². The van der Waals surface area contributed by atoms with Crippen LogP contribution in [0.1, 0.15) is 36.8 Å². The molecule has 0 bridgehead atoms. The van der Waals surface area contributed by atoms with Gasteiger partial charge in [0.25, 0.3) is 17.7 Å². The zero-order valence-electron chi connectivity index (χ0n) is 17.3. The van der Waals surface area contributed by atoms with Gasteiger partial charge in [-0.1, -0.05) is 18.2 Å². The van der Waals surface area contributed by atoms with Crippen molar-refractivity contribution in [1.29, 1.82) is 0 Å². The number of furan rings is 1. The molecule has 8 heteroatoms. The Balaban J connectivity index is 1.52. The van der Waals surface area contributed by atoms with Crippen molar-refractivity contribution >= 4 is 23.4 Å². The Morgan fingerprint density at radius 2 is 1.72 bits per heavy atom. The smallest absolute Gasteiger partial charge is 0.261 e. The summed E-state index contributed by atoms with van der Waals surface area (Å²) in [6.45, 7) is 1.82. The number of hydrogen-bond donors (Lipinski definition) is 1. The van der Waals surface area contributed by atoms with Gasteiger partial charge in [-0.3, -0.25) is 19.3 Å². The van der Waals surface area contributed by atoms with Crippen molar-refractivity contribution in [2.24, 2.45) is 0 Å². The van der Waals surface area contributed by atoms with Gasteiger partial charge in [0.1, 0.15) is 11.5 Å². The highest BCUT2D eigenvalue weighted by Gasteiger charge is 2.33. The Morgan fingerprint density at radius 3 is 2.44 bits per heavy atom.